The zero-order valence-corrected chi connectivity index (χ0v) is 10.6. The maximum atomic E-state index is 11.5. The molecule has 0 aromatic heterocycles. The highest BCUT2D eigenvalue weighted by atomic mass is 16.6. The van der Waals surface area contributed by atoms with Crippen molar-refractivity contribution in [1.29, 1.82) is 0 Å². The Morgan fingerprint density at radius 3 is 1.86 bits per heavy atom. The molecule has 0 saturated heterocycles. The maximum absolute atomic E-state index is 11.5. The fraction of sp³-hybridized carbons (Fsp3) is 0.917. The number of carbonyl (C=O) groups is 1. The predicted octanol–water partition coefficient (Wildman–Crippen LogP) is 3.40. The van der Waals surface area contributed by atoms with Crippen LogP contribution >= 0.6 is 0 Å². The Kier molecular flexibility index (Phi) is 4.16. The van der Waals surface area contributed by atoms with Crippen molar-refractivity contribution in [3.8, 4) is 0 Å². The Balaban J connectivity index is 4.09. The minimum atomic E-state index is -0.366. The van der Waals surface area contributed by atoms with Crippen molar-refractivity contribution >= 4 is 5.97 Å². The first kappa shape index (κ1) is 13.5. The van der Waals surface area contributed by atoms with Gasteiger partial charge in [0.25, 0.3) is 0 Å². The average molecular weight is 200 g/mol. The van der Waals surface area contributed by atoms with Gasteiger partial charge in [0, 0.05) is 6.42 Å². The molecule has 0 fully saturated rings. The lowest BCUT2D eigenvalue weighted by molar-refractivity contribution is -0.156. The van der Waals surface area contributed by atoms with E-state index < -0.39 is 0 Å². The summed E-state index contributed by atoms with van der Waals surface area (Å²) in [5.74, 6) is 0.247. The lowest BCUT2D eigenvalue weighted by atomic mass is 9.80. The first-order valence-electron chi connectivity index (χ1n) is 5.24. The van der Waals surface area contributed by atoms with Crippen LogP contribution in [0.5, 0.6) is 0 Å². The van der Waals surface area contributed by atoms with Gasteiger partial charge in [0.1, 0.15) is 5.60 Å². The molecule has 0 N–H and O–H groups in total. The van der Waals surface area contributed by atoms with E-state index in [1.807, 2.05) is 20.8 Å². The topological polar surface area (TPSA) is 26.3 Å². The highest BCUT2D eigenvalue weighted by Crippen LogP contribution is 2.28. The highest BCUT2D eigenvalue weighted by Gasteiger charge is 2.25. The van der Waals surface area contributed by atoms with Crippen molar-refractivity contribution in [2.45, 2.75) is 60.5 Å². The number of hydrogen-bond donors (Lipinski definition) is 0. The van der Waals surface area contributed by atoms with Crippen molar-refractivity contribution in [3.63, 3.8) is 0 Å². The normalized spacial score (nSPS) is 15.1. The molecule has 0 rings (SSSR count). The van der Waals surface area contributed by atoms with E-state index in [0.717, 1.165) is 0 Å². The summed E-state index contributed by atoms with van der Waals surface area (Å²) in [7, 11) is 0. The summed E-state index contributed by atoms with van der Waals surface area (Å²) in [4.78, 5) is 11.5. The van der Waals surface area contributed by atoms with Crippen LogP contribution < -0.4 is 0 Å². The molecule has 0 aliphatic heterocycles. The zero-order valence-electron chi connectivity index (χ0n) is 10.6. The van der Waals surface area contributed by atoms with Gasteiger partial charge in [-0.2, -0.15) is 0 Å². The molecular formula is C12H24O2. The Bertz CT molecular complexity index is 193. The smallest absolute Gasteiger partial charge is 0.306 e. The van der Waals surface area contributed by atoms with Crippen LogP contribution in [-0.2, 0) is 9.53 Å². The molecule has 0 bridgehead atoms. The Morgan fingerprint density at radius 1 is 1.14 bits per heavy atom. The van der Waals surface area contributed by atoms with Crippen LogP contribution in [0, 0.1) is 11.3 Å². The molecule has 0 aliphatic rings. The van der Waals surface area contributed by atoms with Crippen molar-refractivity contribution in [2.24, 2.45) is 11.3 Å². The monoisotopic (exact) mass is 200 g/mol. The molecule has 0 saturated carbocycles. The van der Waals surface area contributed by atoms with Gasteiger partial charge < -0.3 is 4.74 Å². The van der Waals surface area contributed by atoms with Crippen LogP contribution in [-0.4, -0.2) is 11.6 Å². The van der Waals surface area contributed by atoms with Gasteiger partial charge in [0.05, 0.1) is 0 Å². The van der Waals surface area contributed by atoms with E-state index in [2.05, 4.69) is 27.7 Å². The molecule has 0 spiro atoms. The maximum Gasteiger partial charge on any atom is 0.306 e. The van der Waals surface area contributed by atoms with Crippen molar-refractivity contribution in [1.82, 2.24) is 0 Å². The molecule has 84 valence electrons. The third-order valence-electron chi connectivity index (χ3n) is 2.37. The van der Waals surface area contributed by atoms with Gasteiger partial charge in [-0.15, -0.1) is 0 Å². The van der Waals surface area contributed by atoms with E-state index in [9.17, 15) is 4.79 Å². The minimum absolute atomic E-state index is 0.0973. The van der Waals surface area contributed by atoms with Gasteiger partial charge >= 0.3 is 5.97 Å². The molecule has 0 aromatic rings. The zero-order chi connectivity index (χ0) is 11.6. The highest BCUT2D eigenvalue weighted by molar-refractivity contribution is 5.70. The summed E-state index contributed by atoms with van der Waals surface area (Å²) in [5.41, 5.74) is -0.203. The fourth-order valence-electron chi connectivity index (χ4n) is 0.939. The van der Waals surface area contributed by atoms with Crippen LogP contribution in [0.2, 0.25) is 0 Å². The third kappa shape index (κ3) is 6.01. The SMILES string of the molecule is C[C@H](CC(=O)OC(C)(C)C)C(C)(C)C. The standard InChI is InChI=1S/C12H24O2/c1-9(11(2,3)4)8-10(13)14-12(5,6)7/h9H,8H2,1-7H3/t9-/m1/s1. The van der Waals surface area contributed by atoms with E-state index in [1.54, 1.807) is 0 Å². The molecule has 0 heterocycles. The molecule has 0 aliphatic carbocycles. The Labute approximate surface area is 88.0 Å². The summed E-state index contributed by atoms with van der Waals surface area (Å²) in [6.45, 7) is 14.2. The largest absolute Gasteiger partial charge is 0.460 e. The van der Waals surface area contributed by atoms with E-state index in [1.165, 1.54) is 0 Å². The summed E-state index contributed by atoms with van der Waals surface area (Å²) in [6, 6.07) is 0. The number of rotatable bonds is 2. The van der Waals surface area contributed by atoms with Gasteiger partial charge in [-0.05, 0) is 32.1 Å². The summed E-state index contributed by atoms with van der Waals surface area (Å²) < 4.78 is 5.26. The van der Waals surface area contributed by atoms with E-state index >= 15 is 0 Å². The summed E-state index contributed by atoms with van der Waals surface area (Å²) in [6.07, 6.45) is 0.501. The number of carbonyl (C=O) groups excluding carboxylic acids is 1. The molecule has 0 amide bonds. The average Bonchev–Trinajstić information content (AvgIpc) is 1.79. The second-order valence-corrected chi connectivity index (χ2v) is 6.06. The summed E-state index contributed by atoms with van der Waals surface area (Å²) in [5, 5.41) is 0. The molecule has 0 unspecified atom stereocenters. The fourth-order valence-corrected chi connectivity index (χ4v) is 0.939. The second-order valence-electron chi connectivity index (χ2n) is 6.06. The van der Waals surface area contributed by atoms with Crippen LogP contribution in [0.3, 0.4) is 0 Å². The van der Waals surface area contributed by atoms with Crippen molar-refractivity contribution in [3.05, 3.63) is 0 Å². The minimum Gasteiger partial charge on any atom is -0.460 e. The number of hydrogen-bond acceptors (Lipinski definition) is 2. The van der Waals surface area contributed by atoms with Crippen LogP contribution in [0.1, 0.15) is 54.9 Å². The molecule has 0 radical (unpaired) electrons. The quantitative estimate of drug-likeness (QED) is 0.639. The van der Waals surface area contributed by atoms with Gasteiger partial charge in [0.2, 0.25) is 0 Å². The second kappa shape index (κ2) is 4.33. The number of ether oxygens (including phenoxy) is 1. The van der Waals surface area contributed by atoms with Crippen LogP contribution in [0.25, 0.3) is 0 Å². The van der Waals surface area contributed by atoms with Crippen LogP contribution in [0.15, 0.2) is 0 Å². The Hall–Kier alpha value is -0.530. The lowest BCUT2D eigenvalue weighted by Gasteiger charge is -2.28. The van der Waals surface area contributed by atoms with Gasteiger partial charge in [-0.25, -0.2) is 0 Å². The molecule has 0 aromatic carbocycles. The van der Waals surface area contributed by atoms with Crippen LogP contribution in [0.4, 0.5) is 0 Å². The molecular weight excluding hydrogens is 176 g/mol. The van der Waals surface area contributed by atoms with Gasteiger partial charge in [-0.1, -0.05) is 27.7 Å². The molecule has 2 nitrogen and oxygen atoms in total. The van der Waals surface area contributed by atoms with E-state index in [-0.39, 0.29) is 17.0 Å². The van der Waals surface area contributed by atoms with E-state index in [4.69, 9.17) is 4.74 Å². The lowest BCUT2D eigenvalue weighted by Crippen LogP contribution is -2.27. The van der Waals surface area contributed by atoms with Gasteiger partial charge in [0.15, 0.2) is 0 Å². The molecule has 1 atom stereocenters. The first-order valence-corrected chi connectivity index (χ1v) is 5.24. The first-order chi connectivity index (χ1) is 6.02. The molecule has 2 heteroatoms. The third-order valence-corrected chi connectivity index (χ3v) is 2.37. The molecule has 14 heavy (non-hydrogen) atoms. The van der Waals surface area contributed by atoms with Crippen molar-refractivity contribution in [2.75, 3.05) is 0 Å². The predicted molar refractivity (Wildman–Crippen MR) is 59.1 cm³/mol. The van der Waals surface area contributed by atoms with Crippen molar-refractivity contribution < 1.29 is 9.53 Å². The Morgan fingerprint density at radius 2 is 1.57 bits per heavy atom. The summed E-state index contributed by atoms with van der Waals surface area (Å²) >= 11 is 0. The number of esters is 1. The van der Waals surface area contributed by atoms with Gasteiger partial charge in [-0.3, -0.25) is 4.79 Å². The van der Waals surface area contributed by atoms with E-state index in [0.29, 0.717) is 12.3 Å².